The van der Waals surface area contributed by atoms with Gasteiger partial charge in [0.2, 0.25) is 11.8 Å². The Bertz CT molecular complexity index is 1350. The van der Waals surface area contributed by atoms with Crippen LogP contribution in [0.25, 0.3) is 12.2 Å². The van der Waals surface area contributed by atoms with E-state index >= 15 is 0 Å². The van der Waals surface area contributed by atoms with Gasteiger partial charge >= 0.3 is 11.9 Å². The lowest BCUT2D eigenvalue weighted by Crippen LogP contribution is -2.42. The van der Waals surface area contributed by atoms with Crippen molar-refractivity contribution in [3.05, 3.63) is 69.7 Å². The number of likely N-dealkylation sites (tertiary alicyclic amines) is 2. The SMILES string of the molecule is CCOC(=O)C1CCCN(C(=O)/C=C/c2ccc(Sc3ccc(/C=C/C(=O)N4CCCC(C(=O)OCC)C4)cc3Cl)c(Cl)c2)C1. The Kier molecular flexibility index (Phi) is 13.0. The Labute approximate surface area is 278 Å². The molecule has 0 bridgehead atoms. The predicted molar refractivity (Wildman–Crippen MR) is 177 cm³/mol. The summed E-state index contributed by atoms with van der Waals surface area (Å²) in [6.07, 6.45) is 9.41. The van der Waals surface area contributed by atoms with Crippen molar-refractivity contribution in [2.24, 2.45) is 11.8 Å². The molecule has 2 aliphatic heterocycles. The van der Waals surface area contributed by atoms with E-state index in [2.05, 4.69) is 0 Å². The molecular formula is C34H38Cl2N2O6S. The van der Waals surface area contributed by atoms with Crippen LogP contribution < -0.4 is 0 Å². The van der Waals surface area contributed by atoms with Gasteiger partial charge in [-0.3, -0.25) is 19.2 Å². The lowest BCUT2D eigenvalue weighted by molar-refractivity contribution is -0.152. The quantitative estimate of drug-likeness (QED) is 0.203. The van der Waals surface area contributed by atoms with E-state index in [-0.39, 0.29) is 35.6 Å². The first-order chi connectivity index (χ1) is 21.7. The zero-order chi connectivity index (χ0) is 32.3. The van der Waals surface area contributed by atoms with Gasteiger partial charge < -0.3 is 19.3 Å². The van der Waals surface area contributed by atoms with E-state index in [1.54, 1.807) is 47.9 Å². The second kappa shape index (κ2) is 16.9. The summed E-state index contributed by atoms with van der Waals surface area (Å²) in [5.41, 5.74) is 1.55. The van der Waals surface area contributed by atoms with Gasteiger partial charge in [-0.2, -0.15) is 0 Å². The highest BCUT2D eigenvalue weighted by Gasteiger charge is 2.29. The van der Waals surface area contributed by atoms with Crippen LogP contribution in [-0.2, 0) is 28.7 Å². The van der Waals surface area contributed by atoms with Crippen LogP contribution in [0.5, 0.6) is 0 Å². The standard InChI is InChI=1S/C34H38Cl2N2O6S/c1-3-43-33(41)25-7-5-17-37(21-25)31(39)15-11-23-9-13-29(27(35)19-23)45-30-14-10-24(20-28(30)36)12-16-32(40)38-18-6-8-26(22-38)34(42)44-4-2/h9-16,19-20,25-26H,3-8,17-18,21-22H2,1-2H3/b15-11+,16-12+. The van der Waals surface area contributed by atoms with Crippen molar-refractivity contribution in [1.29, 1.82) is 0 Å². The number of amides is 2. The second-order valence-electron chi connectivity index (χ2n) is 10.9. The van der Waals surface area contributed by atoms with E-state index in [0.717, 1.165) is 46.6 Å². The molecule has 8 nitrogen and oxygen atoms in total. The van der Waals surface area contributed by atoms with Crippen LogP contribution in [0.2, 0.25) is 10.0 Å². The van der Waals surface area contributed by atoms with E-state index < -0.39 is 0 Å². The van der Waals surface area contributed by atoms with Crippen LogP contribution in [0.1, 0.15) is 50.7 Å². The van der Waals surface area contributed by atoms with Gasteiger partial charge in [-0.15, -0.1) is 0 Å². The van der Waals surface area contributed by atoms with Gasteiger partial charge in [0.05, 0.1) is 35.1 Å². The Hall–Kier alpha value is -3.27. The molecule has 11 heteroatoms. The molecule has 45 heavy (non-hydrogen) atoms. The highest BCUT2D eigenvalue weighted by molar-refractivity contribution is 7.99. The normalized spacial score (nSPS) is 18.8. The fourth-order valence-electron chi connectivity index (χ4n) is 5.33. The van der Waals surface area contributed by atoms with Gasteiger partial charge in [-0.1, -0.05) is 47.1 Å². The maximum atomic E-state index is 12.8. The molecular weight excluding hydrogens is 635 g/mol. The number of hydrogen-bond acceptors (Lipinski definition) is 7. The molecule has 0 saturated carbocycles. The van der Waals surface area contributed by atoms with Crippen molar-refractivity contribution in [3.8, 4) is 0 Å². The van der Waals surface area contributed by atoms with Crippen molar-refractivity contribution in [2.45, 2.75) is 49.3 Å². The first kappa shape index (κ1) is 34.6. The van der Waals surface area contributed by atoms with E-state index in [4.69, 9.17) is 32.7 Å². The largest absolute Gasteiger partial charge is 0.466 e. The van der Waals surface area contributed by atoms with Crippen LogP contribution in [0.4, 0.5) is 0 Å². The fraction of sp³-hybridized carbons (Fsp3) is 0.412. The maximum absolute atomic E-state index is 12.8. The molecule has 2 aromatic carbocycles. The molecule has 0 spiro atoms. The molecule has 0 aromatic heterocycles. The summed E-state index contributed by atoms with van der Waals surface area (Å²) >= 11 is 14.6. The molecule has 2 unspecified atom stereocenters. The second-order valence-corrected chi connectivity index (χ2v) is 12.8. The monoisotopic (exact) mass is 672 g/mol. The average Bonchev–Trinajstić information content (AvgIpc) is 3.05. The van der Waals surface area contributed by atoms with Gasteiger partial charge in [0, 0.05) is 48.1 Å². The minimum Gasteiger partial charge on any atom is -0.466 e. The molecule has 2 atom stereocenters. The number of piperidine rings is 2. The van der Waals surface area contributed by atoms with Crippen molar-refractivity contribution in [2.75, 3.05) is 39.4 Å². The zero-order valence-corrected chi connectivity index (χ0v) is 27.8. The van der Waals surface area contributed by atoms with Crippen molar-refractivity contribution < 1.29 is 28.7 Å². The molecule has 2 heterocycles. The summed E-state index contributed by atoms with van der Waals surface area (Å²) in [4.78, 5) is 54.7. The smallest absolute Gasteiger partial charge is 0.310 e. The summed E-state index contributed by atoms with van der Waals surface area (Å²) in [5, 5.41) is 1.03. The minimum atomic E-state index is -0.284. The van der Waals surface area contributed by atoms with Crippen LogP contribution in [-0.4, -0.2) is 72.9 Å². The summed E-state index contributed by atoms with van der Waals surface area (Å²) in [5.74, 6) is -1.38. The fourth-order valence-corrected chi connectivity index (χ4v) is 6.76. The molecule has 2 aliphatic rings. The predicted octanol–water partition coefficient (Wildman–Crippen LogP) is 6.77. The van der Waals surface area contributed by atoms with Gasteiger partial charge in [0.25, 0.3) is 0 Å². The summed E-state index contributed by atoms with van der Waals surface area (Å²) in [7, 11) is 0. The lowest BCUT2D eigenvalue weighted by Gasteiger charge is -2.30. The molecule has 240 valence electrons. The molecule has 2 saturated heterocycles. The molecule has 2 aromatic rings. The van der Waals surface area contributed by atoms with Crippen LogP contribution in [0, 0.1) is 11.8 Å². The number of halogens is 2. The number of carbonyl (C=O) groups is 4. The number of carbonyl (C=O) groups excluding carboxylic acids is 4. The highest BCUT2D eigenvalue weighted by Crippen LogP contribution is 2.38. The average molecular weight is 674 g/mol. The lowest BCUT2D eigenvalue weighted by atomic mass is 9.98. The first-order valence-electron chi connectivity index (χ1n) is 15.2. The number of esters is 2. The third-order valence-corrected chi connectivity index (χ3v) is 9.68. The van der Waals surface area contributed by atoms with E-state index in [1.807, 2.05) is 24.3 Å². The Morgan fingerprint density at radius 2 is 1.18 bits per heavy atom. The van der Waals surface area contributed by atoms with Crippen LogP contribution in [0.3, 0.4) is 0 Å². The van der Waals surface area contributed by atoms with Crippen molar-refractivity contribution >= 4 is 70.9 Å². The maximum Gasteiger partial charge on any atom is 0.310 e. The van der Waals surface area contributed by atoms with Crippen LogP contribution in [0.15, 0.2) is 58.3 Å². The summed E-state index contributed by atoms with van der Waals surface area (Å²) in [6.45, 7) is 6.15. The topological polar surface area (TPSA) is 93.2 Å². The van der Waals surface area contributed by atoms with Gasteiger partial charge in [-0.25, -0.2) is 0 Å². The van der Waals surface area contributed by atoms with E-state index in [1.165, 1.54) is 23.9 Å². The van der Waals surface area contributed by atoms with E-state index in [0.29, 0.717) is 49.4 Å². The summed E-state index contributed by atoms with van der Waals surface area (Å²) < 4.78 is 10.3. The number of benzene rings is 2. The molecule has 2 amide bonds. The number of rotatable bonds is 10. The molecule has 4 rings (SSSR count). The van der Waals surface area contributed by atoms with Gasteiger partial charge in [0.15, 0.2) is 0 Å². The van der Waals surface area contributed by atoms with E-state index in [9.17, 15) is 19.2 Å². The Morgan fingerprint density at radius 3 is 1.56 bits per heavy atom. The third kappa shape index (κ3) is 9.86. The Morgan fingerprint density at radius 1 is 0.756 bits per heavy atom. The minimum absolute atomic E-state index is 0.155. The summed E-state index contributed by atoms with van der Waals surface area (Å²) in [6, 6.07) is 11.1. The number of ether oxygens (including phenoxy) is 2. The molecule has 0 N–H and O–H groups in total. The molecule has 0 aliphatic carbocycles. The van der Waals surface area contributed by atoms with Crippen molar-refractivity contribution in [3.63, 3.8) is 0 Å². The highest BCUT2D eigenvalue weighted by atomic mass is 35.5. The van der Waals surface area contributed by atoms with Crippen LogP contribution >= 0.6 is 35.0 Å². The third-order valence-electron chi connectivity index (χ3n) is 7.67. The van der Waals surface area contributed by atoms with Gasteiger partial charge in [0.1, 0.15) is 0 Å². The Balaban J connectivity index is 1.32. The molecule has 2 fully saturated rings. The number of nitrogens with zero attached hydrogens (tertiary/aromatic N) is 2. The molecule has 0 radical (unpaired) electrons. The zero-order valence-electron chi connectivity index (χ0n) is 25.5. The van der Waals surface area contributed by atoms with Gasteiger partial charge in [-0.05, 0) is 87.1 Å². The number of hydrogen-bond donors (Lipinski definition) is 0. The first-order valence-corrected chi connectivity index (χ1v) is 16.8. The van der Waals surface area contributed by atoms with Crippen molar-refractivity contribution in [1.82, 2.24) is 9.80 Å².